The van der Waals surface area contributed by atoms with Crippen molar-refractivity contribution in [1.82, 2.24) is 0 Å². The lowest BCUT2D eigenvalue weighted by atomic mass is 10.1. The maximum absolute atomic E-state index is 10.6. The molecule has 0 bridgehead atoms. The maximum atomic E-state index is 10.6. The number of carboxylic acid groups (broad SMARTS) is 1. The Morgan fingerprint density at radius 2 is 2.00 bits per heavy atom. The highest BCUT2D eigenvalue weighted by Gasteiger charge is 2.06. The SMILES string of the molecule is C=Cc1ccccc1/C=C(\C#N)C(=O)O. The minimum absolute atomic E-state index is 0.288. The van der Waals surface area contributed by atoms with Crippen molar-refractivity contribution in [3.8, 4) is 6.07 Å². The van der Waals surface area contributed by atoms with Crippen LogP contribution in [0, 0.1) is 11.3 Å². The predicted octanol–water partition coefficient (Wildman–Crippen LogP) is 2.32. The first-order valence-corrected chi connectivity index (χ1v) is 4.25. The molecule has 0 heterocycles. The molecule has 74 valence electrons. The van der Waals surface area contributed by atoms with E-state index in [9.17, 15) is 4.79 Å². The van der Waals surface area contributed by atoms with E-state index in [1.807, 2.05) is 6.07 Å². The zero-order valence-electron chi connectivity index (χ0n) is 7.97. The quantitative estimate of drug-likeness (QED) is 0.600. The number of carbonyl (C=O) groups is 1. The van der Waals surface area contributed by atoms with Gasteiger partial charge < -0.3 is 5.11 Å². The maximum Gasteiger partial charge on any atom is 0.346 e. The molecule has 1 N–H and O–H groups in total. The van der Waals surface area contributed by atoms with Gasteiger partial charge in [-0.3, -0.25) is 0 Å². The van der Waals surface area contributed by atoms with Crippen LogP contribution >= 0.6 is 0 Å². The molecule has 15 heavy (non-hydrogen) atoms. The molecule has 0 saturated carbocycles. The Hall–Kier alpha value is -2.34. The van der Waals surface area contributed by atoms with Gasteiger partial charge in [0.1, 0.15) is 11.6 Å². The van der Waals surface area contributed by atoms with Crippen LogP contribution in [0.5, 0.6) is 0 Å². The molecular formula is C12H9NO2. The Bertz CT molecular complexity index is 467. The van der Waals surface area contributed by atoms with Gasteiger partial charge in [-0.2, -0.15) is 5.26 Å². The van der Waals surface area contributed by atoms with Gasteiger partial charge in [-0.05, 0) is 17.2 Å². The monoisotopic (exact) mass is 199 g/mol. The Labute approximate surface area is 87.6 Å². The van der Waals surface area contributed by atoms with Crippen LogP contribution in [0.3, 0.4) is 0 Å². The number of nitrogens with zero attached hydrogens (tertiary/aromatic N) is 1. The van der Waals surface area contributed by atoms with Crippen LogP contribution in [-0.4, -0.2) is 11.1 Å². The van der Waals surface area contributed by atoms with Crippen molar-refractivity contribution in [2.75, 3.05) is 0 Å². The minimum atomic E-state index is -1.23. The lowest BCUT2D eigenvalue weighted by molar-refractivity contribution is -0.132. The highest BCUT2D eigenvalue weighted by Crippen LogP contribution is 2.14. The predicted molar refractivity (Wildman–Crippen MR) is 57.8 cm³/mol. The number of nitriles is 1. The molecule has 0 aliphatic carbocycles. The van der Waals surface area contributed by atoms with Gasteiger partial charge in [-0.15, -0.1) is 0 Å². The van der Waals surface area contributed by atoms with Gasteiger partial charge in [0.15, 0.2) is 0 Å². The van der Waals surface area contributed by atoms with Gasteiger partial charge in [0, 0.05) is 0 Å². The molecule has 1 aromatic rings. The highest BCUT2D eigenvalue weighted by atomic mass is 16.4. The fourth-order valence-electron chi connectivity index (χ4n) is 1.13. The van der Waals surface area contributed by atoms with E-state index in [1.165, 1.54) is 6.08 Å². The standard InChI is InChI=1S/C12H9NO2/c1-2-9-5-3-4-6-10(9)7-11(8-13)12(14)15/h2-7H,1H2,(H,14,15)/b11-7+. The van der Waals surface area contributed by atoms with E-state index in [1.54, 1.807) is 30.3 Å². The summed E-state index contributed by atoms with van der Waals surface area (Å²) in [7, 11) is 0. The average molecular weight is 199 g/mol. The second-order valence-corrected chi connectivity index (χ2v) is 2.81. The molecule has 3 nitrogen and oxygen atoms in total. The van der Waals surface area contributed by atoms with E-state index in [0.29, 0.717) is 5.56 Å². The first-order chi connectivity index (χ1) is 7.19. The first-order valence-electron chi connectivity index (χ1n) is 4.25. The summed E-state index contributed by atoms with van der Waals surface area (Å²) in [6.45, 7) is 3.61. The third-order valence-electron chi connectivity index (χ3n) is 1.87. The lowest BCUT2D eigenvalue weighted by Gasteiger charge is -1.99. The highest BCUT2D eigenvalue weighted by molar-refractivity contribution is 5.97. The van der Waals surface area contributed by atoms with E-state index in [-0.39, 0.29) is 5.57 Å². The van der Waals surface area contributed by atoms with E-state index in [0.717, 1.165) is 5.56 Å². The average Bonchev–Trinajstić information content (AvgIpc) is 2.25. The molecule has 0 aliphatic heterocycles. The molecule has 0 amide bonds. The van der Waals surface area contributed by atoms with Gasteiger partial charge in [-0.25, -0.2) is 4.79 Å². The molecule has 0 fully saturated rings. The van der Waals surface area contributed by atoms with Crippen LogP contribution in [0.1, 0.15) is 11.1 Å². The van der Waals surface area contributed by atoms with Gasteiger partial charge in [0.25, 0.3) is 0 Å². The Morgan fingerprint density at radius 1 is 1.40 bits per heavy atom. The van der Waals surface area contributed by atoms with E-state index >= 15 is 0 Å². The molecule has 0 aliphatic rings. The zero-order chi connectivity index (χ0) is 11.3. The van der Waals surface area contributed by atoms with Crippen LogP contribution in [0.25, 0.3) is 12.2 Å². The molecule has 0 saturated heterocycles. The van der Waals surface area contributed by atoms with E-state index in [4.69, 9.17) is 10.4 Å². The fraction of sp³-hybridized carbons (Fsp3) is 0. The van der Waals surface area contributed by atoms with Crippen LogP contribution in [-0.2, 0) is 4.79 Å². The van der Waals surface area contributed by atoms with Crippen molar-refractivity contribution in [1.29, 1.82) is 5.26 Å². The van der Waals surface area contributed by atoms with E-state index in [2.05, 4.69) is 6.58 Å². The van der Waals surface area contributed by atoms with Crippen molar-refractivity contribution >= 4 is 18.1 Å². The van der Waals surface area contributed by atoms with Gasteiger partial charge in [0.05, 0.1) is 0 Å². The Balaban J connectivity index is 3.23. The molecule has 1 rings (SSSR count). The third-order valence-corrected chi connectivity index (χ3v) is 1.87. The summed E-state index contributed by atoms with van der Waals surface area (Å²) in [5.41, 5.74) is 1.18. The van der Waals surface area contributed by atoms with Crippen molar-refractivity contribution < 1.29 is 9.90 Å². The topological polar surface area (TPSA) is 61.1 Å². The summed E-state index contributed by atoms with van der Waals surface area (Å²) >= 11 is 0. The molecule has 1 aromatic carbocycles. The summed E-state index contributed by atoms with van der Waals surface area (Å²) in [5.74, 6) is -1.23. The van der Waals surface area contributed by atoms with Crippen LogP contribution in [0.15, 0.2) is 36.4 Å². The van der Waals surface area contributed by atoms with Gasteiger partial charge >= 0.3 is 5.97 Å². The summed E-state index contributed by atoms with van der Waals surface area (Å²) in [5, 5.41) is 17.3. The lowest BCUT2D eigenvalue weighted by Crippen LogP contribution is -1.97. The number of carboxylic acids is 1. The Kier molecular flexibility index (Phi) is 3.42. The third kappa shape index (κ3) is 2.55. The summed E-state index contributed by atoms with van der Waals surface area (Å²) in [4.78, 5) is 10.6. The first kappa shape index (κ1) is 10.7. The van der Waals surface area contributed by atoms with Crippen molar-refractivity contribution in [2.45, 2.75) is 0 Å². The molecule has 3 heteroatoms. The zero-order valence-corrected chi connectivity index (χ0v) is 7.97. The summed E-state index contributed by atoms with van der Waals surface area (Å²) < 4.78 is 0. The minimum Gasteiger partial charge on any atom is -0.477 e. The second kappa shape index (κ2) is 4.77. The number of hydrogen-bond acceptors (Lipinski definition) is 2. The molecule has 0 unspecified atom stereocenters. The number of benzene rings is 1. The Morgan fingerprint density at radius 3 is 2.47 bits per heavy atom. The number of aliphatic carboxylic acids is 1. The smallest absolute Gasteiger partial charge is 0.346 e. The van der Waals surface area contributed by atoms with Crippen LogP contribution in [0.4, 0.5) is 0 Å². The van der Waals surface area contributed by atoms with Gasteiger partial charge in [0.2, 0.25) is 0 Å². The van der Waals surface area contributed by atoms with Crippen LogP contribution < -0.4 is 0 Å². The number of hydrogen-bond donors (Lipinski definition) is 1. The van der Waals surface area contributed by atoms with Crippen LogP contribution in [0.2, 0.25) is 0 Å². The van der Waals surface area contributed by atoms with Crippen molar-refractivity contribution in [3.63, 3.8) is 0 Å². The van der Waals surface area contributed by atoms with Crippen molar-refractivity contribution in [3.05, 3.63) is 47.5 Å². The number of rotatable bonds is 3. The van der Waals surface area contributed by atoms with Gasteiger partial charge in [-0.1, -0.05) is 36.9 Å². The van der Waals surface area contributed by atoms with E-state index < -0.39 is 5.97 Å². The molecule has 0 radical (unpaired) electrons. The van der Waals surface area contributed by atoms with Crippen molar-refractivity contribution in [2.24, 2.45) is 0 Å². The second-order valence-electron chi connectivity index (χ2n) is 2.81. The molecule has 0 aromatic heterocycles. The summed E-state index contributed by atoms with van der Waals surface area (Å²) in [6, 6.07) is 8.76. The fourth-order valence-corrected chi connectivity index (χ4v) is 1.13. The molecule has 0 atom stereocenters. The molecule has 0 spiro atoms. The molecular weight excluding hydrogens is 190 g/mol. The largest absolute Gasteiger partial charge is 0.477 e. The normalized spacial score (nSPS) is 10.5. The summed E-state index contributed by atoms with van der Waals surface area (Å²) in [6.07, 6.45) is 2.95.